The van der Waals surface area contributed by atoms with E-state index in [0.29, 0.717) is 18.9 Å². The van der Waals surface area contributed by atoms with Crippen molar-refractivity contribution >= 4 is 17.5 Å². The molecule has 2 N–H and O–H groups in total. The number of hydrogen-bond acceptors (Lipinski definition) is 5. The Bertz CT molecular complexity index is 436. The fraction of sp³-hybridized carbons (Fsp3) is 0.643. The van der Waals surface area contributed by atoms with Crippen molar-refractivity contribution < 1.29 is 4.79 Å². The van der Waals surface area contributed by atoms with Crippen LogP contribution < -0.4 is 15.5 Å². The molecule has 1 heterocycles. The first-order valence-electron chi connectivity index (χ1n) is 7.21. The summed E-state index contributed by atoms with van der Waals surface area (Å²) in [6.45, 7) is 10.4. The van der Waals surface area contributed by atoms with E-state index in [1.807, 2.05) is 31.7 Å². The summed E-state index contributed by atoms with van der Waals surface area (Å²) in [6, 6.07) is 1.89. The van der Waals surface area contributed by atoms with E-state index in [1.165, 1.54) is 0 Å². The van der Waals surface area contributed by atoms with Gasteiger partial charge in [0.25, 0.3) is 0 Å². The van der Waals surface area contributed by atoms with Crippen molar-refractivity contribution in [2.75, 3.05) is 36.4 Å². The summed E-state index contributed by atoms with van der Waals surface area (Å²) in [5.41, 5.74) is 0. The van der Waals surface area contributed by atoms with Gasteiger partial charge >= 0.3 is 0 Å². The van der Waals surface area contributed by atoms with Gasteiger partial charge in [0.05, 0.1) is 6.54 Å². The third-order valence-electron chi connectivity index (χ3n) is 2.79. The number of nitrogens with zero attached hydrogens (tertiary/aromatic N) is 3. The molecule has 112 valence electrons. The zero-order valence-electron chi connectivity index (χ0n) is 12.9. The number of anilines is 2. The molecule has 20 heavy (non-hydrogen) atoms. The lowest BCUT2D eigenvalue weighted by molar-refractivity contribution is -0.119. The quantitative estimate of drug-likeness (QED) is 0.756. The van der Waals surface area contributed by atoms with Crippen molar-refractivity contribution in [2.45, 2.75) is 34.1 Å². The van der Waals surface area contributed by atoms with Crippen molar-refractivity contribution in [1.82, 2.24) is 15.3 Å². The average Bonchev–Trinajstić information content (AvgIpc) is 2.42. The van der Waals surface area contributed by atoms with E-state index in [1.54, 1.807) is 0 Å². The second-order valence-corrected chi connectivity index (χ2v) is 4.55. The number of carbonyl (C=O) groups excluding carboxylic acids is 1. The lowest BCUT2D eigenvalue weighted by Crippen LogP contribution is -2.37. The lowest BCUT2D eigenvalue weighted by Gasteiger charge is -2.22. The molecule has 0 saturated heterocycles. The van der Waals surface area contributed by atoms with Gasteiger partial charge in [0.1, 0.15) is 17.5 Å². The highest BCUT2D eigenvalue weighted by molar-refractivity contribution is 5.81. The third-order valence-corrected chi connectivity index (χ3v) is 2.79. The molecule has 0 radical (unpaired) electrons. The molecular weight excluding hydrogens is 254 g/mol. The second-order valence-electron chi connectivity index (χ2n) is 4.55. The van der Waals surface area contributed by atoms with Crippen molar-refractivity contribution in [3.05, 3.63) is 11.9 Å². The molecule has 6 nitrogen and oxygen atoms in total. The van der Waals surface area contributed by atoms with Gasteiger partial charge in [-0.25, -0.2) is 9.97 Å². The maximum Gasteiger partial charge on any atom is 0.239 e. The molecule has 0 aliphatic rings. The van der Waals surface area contributed by atoms with Crippen LogP contribution in [0.2, 0.25) is 0 Å². The smallest absolute Gasteiger partial charge is 0.239 e. The number of aryl methyl sites for hydroxylation is 1. The Labute approximate surface area is 121 Å². The van der Waals surface area contributed by atoms with E-state index in [2.05, 4.69) is 27.5 Å². The Morgan fingerprint density at radius 3 is 2.65 bits per heavy atom. The SMILES string of the molecule is CCCNc1cc(N(CC)CC(=O)NCC)nc(C)n1. The Balaban J connectivity index is 2.85. The van der Waals surface area contributed by atoms with Gasteiger partial charge in [-0.1, -0.05) is 6.92 Å². The molecule has 0 saturated carbocycles. The maximum atomic E-state index is 11.7. The minimum atomic E-state index is 0.00804. The number of rotatable bonds is 8. The summed E-state index contributed by atoms with van der Waals surface area (Å²) in [6.07, 6.45) is 1.04. The second kappa shape index (κ2) is 8.35. The molecule has 0 bridgehead atoms. The van der Waals surface area contributed by atoms with Crippen molar-refractivity contribution in [3.8, 4) is 0 Å². The molecule has 0 aliphatic heterocycles. The van der Waals surface area contributed by atoms with Crippen molar-refractivity contribution in [2.24, 2.45) is 0 Å². The number of amides is 1. The number of aromatic nitrogens is 2. The van der Waals surface area contributed by atoms with E-state index in [-0.39, 0.29) is 5.91 Å². The van der Waals surface area contributed by atoms with Crippen molar-refractivity contribution in [3.63, 3.8) is 0 Å². The number of likely N-dealkylation sites (N-methyl/N-ethyl adjacent to an activating group) is 2. The highest BCUT2D eigenvalue weighted by atomic mass is 16.2. The summed E-state index contributed by atoms with van der Waals surface area (Å²) in [5.74, 6) is 2.30. The Morgan fingerprint density at radius 1 is 1.30 bits per heavy atom. The Hall–Kier alpha value is -1.85. The molecule has 0 atom stereocenters. The average molecular weight is 279 g/mol. The molecule has 1 rings (SSSR count). The largest absolute Gasteiger partial charge is 0.370 e. The molecule has 0 aromatic carbocycles. The highest BCUT2D eigenvalue weighted by Gasteiger charge is 2.12. The number of nitrogens with one attached hydrogen (secondary N) is 2. The van der Waals surface area contributed by atoms with Gasteiger partial charge in [0.2, 0.25) is 5.91 Å². The molecule has 6 heteroatoms. The van der Waals surface area contributed by atoms with Crippen LogP contribution in [0.25, 0.3) is 0 Å². The summed E-state index contributed by atoms with van der Waals surface area (Å²) in [5, 5.41) is 6.06. The van der Waals surface area contributed by atoms with E-state index in [4.69, 9.17) is 0 Å². The zero-order valence-corrected chi connectivity index (χ0v) is 12.9. The molecule has 1 aromatic rings. The first-order valence-corrected chi connectivity index (χ1v) is 7.21. The minimum absolute atomic E-state index is 0.00804. The standard InChI is InChI=1S/C14H25N5O/c1-5-8-16-12-9-13(18-11(4)17-12)19(7-3)10-14(20)15-6-2/h9H,5-8,10H2,1-4H3,(H,15,20)(H,16,17,18). The van der Waals surface area contributed by atoms with Crippen LogP contribution in [-0.2, 0) is 4.79 Å². The van der Waals surface area contributed by atoms with E-state index < -0.39 is 0 Å². The van der Waals surface area contributed by atoms with Crippen LogP contribution in [-0.4, -0.2) is 42.1 Å². The maximum absolute atomic E-state index is 11.7. The summed E-state index contributed by atoms with van der Waals surface area (Å²) in [4.78, 5) is 22.4. The predicted molar refractivity (Wildman–Crippen MR) is 82.1 cm³/mol. The fourth-order valence-corrected chi connectivity index (χ4v) is 1.84. The molecule has 0 unspecified atom stereocenters. The van der Waals surface area contributed by atoms with Gasteiger partial charge in [0.15, 0.2) is 0 Å². The predicted octanol–water partition coefficient (Wildman–Crippen LogP) is 1.57. The first kappa shape index (κ1) is 16.2. The molecule has 0 aliphatic carbocycles. The normalized spacial score (nSPS) is 10.2. The van der Waals surface area contributed by atoms with Crippen LogP contribution in [0.4, 0.5) is 11.6 Å². The first-order chi connectivity index (χ1) is 9.60. The molecule has 0 spiro atoms. The van der Waals surface area contributed by atoms with Crippen LogP contribution in [0.15, 0.2) is 6.07 Å². The van der Waals surface area contributed by atoms with Gasteiger partial charge in [0, 0.05) is 25.7 Å². The third kappa shape index (κ3) is 5.03. The summed E-state index contributed by atoms with van der Waals surface area (Å²) >= 11 is 0. The van der Waals surface area contributed by atoms with Crippen LogP contribution >= 0.6 is 0 Å². The molecule has 1 amide bonds. The van der Waals surface area contributed by atoms with Gasteiger partial charge < -0.3 is 15.5 Å². The Morgan fingerprint density at radius 2 is 2.05 bits per heavy atom. The number of carbonyl (C=O) groups is 1. The van der Waals surface area contributed by atoms with Crippen LogP contribution in [0, 0.1) is 6.92 Å². The molecule has 1 aromatic heterocycles. The number of hydrogen-bond donors (Lipinski definition) is 2. The van der Waals surface area contributed by atoms with E-state index in [9.17, 15) is 4.79 Å². The molecular formula is C14H25N5O. The Kier molecular flexibility index (Phi) is 6.76. The van der Waals surface area contributed by atoms with Gasteiger partial charge in [-0.3, -0.25) is 4.79 Å². The fourth-order valence-electron chi connectivity index (χ4n) is 1.84. The van der Waals surface area contributed by atoms with Crippen molar-refractivity contribution in [1.29, 1.82) is 0 Å². The lowest BCUT2D eigenvalue weighted by atomic mass is 10.4. The highest BCUT2D eigenvalue weighted by Crippen LogP contribution is 2.15. The van der Waals surface area contributed by atoms with E-state index >= 15 is 0 Å². The van der Waals surface area contributed by atoms with Gasteiger partial charge in [-0.05, 0) is 27.2 Å². The monoisotopic (exact) mass is 279 g/mol. The minimum Gasteiger partial charge on any atom is -0.370 e. The summed E-state index contributed by atoms with van der Waals surface area (Å²) < 4.78 is 0. The zero-order chi connectivity index (χ0) is 15.0. The van der Waals surface area contributed by atoms with Gasteiger partial charge in [-0.15, -0.1) is 0 Å². The topological polar surface area (TPSA) is 70.2 Å². The van der Waals surface area contributed by atoms with Crippen LogP contribution in [0.1, 0.15) is 33.0 Å². The molecule has 0 fully saturated rings. The van der Waals surface area contributed by atoms with Crippen LogP contribution in [0.3, 0.4) is 0 Å². The van der Waals surface area contributed by atoms with E-state index in [0.717, 1.165) is 31.1 Å². The van der Waals surface area contributed by atoms with Crippen LogP contribution in [0.5, 0.6) is 0 Å². The summed E-state index contributed by atoms with van der Waals surface area (Å²) in [7, 11) is 0. The van der Waals surface area contributed by atoms with Gasteiger partial charge in [-0.2, -0.15) is 0 Å².